The molecule has 6 amide bonds. The quantitative estimate of drug-likeness (QED) is 0.129. The van der Waals surface area contributed by atoms with Crippen LogP contribution in [0.15, 0.2) is 60.7 Å². The molecule has 4 atom stereocenters. The maximum Gasteiger partial charge on any atom is 0.389 e. The van der Waals surface area contributed by atoms with Crippen LogP contribution in [0.4, 0.5) is 70.6 Å². The molecule has 0 spiro atoms. The standard InChI is InChI=1S/C28H34F3N5O3.C27H33F3N6O3/c1-18-11-26(37)36(16-18)25-13-21(12-24(33-25)34-7-9-39-10-8-34)23-14-22(4-3-19(23)2)32-27(38)35-6-5-20(17-35)15-28(29,30)31;1-17-2-3-21(32-26(38)35-5-4-18(15-35)14-27(28,29)30)13-22(17)19-10-23(34-6-8-39-9-7-34)33-24(11-19)36-16-20(31)12-25(36)37/h3-4,12-14,18,20H,5-11,15-17H2,1-2H3,(H,32,38);2-3,10-11,13,18,20H,4-9,12,14-16,31H2,1H3,(H,32,38)/t2*18-,20-/m00/s1. The number of urea groups is 2. The topological polar surface area (TPSA) is 182 Å². The van der Waals surface area contributed by atoms with Crippen molar-refractivity contribution in [3.8, 4) is 22.3 Å². The van der Waals surface area contributed by atoms with Gasteiger partial charge in [-0.3, -0.25) is 19.4 Å². The number of hydrogen-bond acceptors (Lipinski definition) is 11. The number of likely N-dealkylation sites (tertiary alicyclic amines) is 2. The number of aromatic nitrogens is 2. The molecule has 2 aromatic carbocycles. The molecule has 420 valence electrons. The van der Waals surface area contributed by atoms with Crippen LogP contribution in [0.2, 0.25) is 0 Å². The summed E-state index contributed by atoms with van der Waals surface area (Å²) in [7, 11) is 0. The predicted octanol–water partition coefficient (Wildman–Crippen LogP) is 8.84. The van der Waals surface area contributed by atoms with Crippen molar-refractivity contribution in [2.75, 3.05) is 122 Å². The Morgan fingerprint density at radius 1 is 0.590 bits per heavy atom. The number of benzene rings is 2. The molecule has 4 aromatic rings. The first-order valence-electron chi connectivity index (χ1n) is 26.6. The lowest BCUT2D eigenvalue weighted by Crippen LogP contribution is -2.37. The number of nitrogens with two attached hydrogens (primary N) is 1. The lowest BCUT2D eigenvalue weighted by molar-refractivity contribution is -0.144. The van der Waals surface area contributed by atoms with Gasteiger partial charge in [0.15, 0.2) is 0 Å². The average molecular weight is 1090 g/mol. The zero-order valence-corrected chi connectivity index (χ0v) is 44.1. The maximum atomic E-state index is 12.9. The molecule has 17 nitrogen and oxygen atoms in total. The number of hydrogen-bond donors (Lipinski definition) is 3. The summed E-state index contributed by atoms with van der Waals surface area (Å²) in [4.78, 5) is 71.2. The zero-order valence-electron chi connectivity index (χ0n) is 44.1. The van der Waals surface area contributed by atoms with E-state index < -0.39 is 49.1 Å². The molecule has 23 heteroatoms. The predicted molar refractivity (Wildman–Crippen MR) is 285 cm³/mol. The largest absolute Gasteiger partial charge is 0.389 e. The van der Waals surface area contributed by atoms with Crippen molar-refractivity contribution in [1.82, 2.24) is 19.8 Å². The number of anilines is 6. The van der Waals surface area contributed by atoms with Crippen molar-refractivity contribution in [1.29, 1.82) is 0 Å². The van der Waals surface area contributed by atoms with Gasteiger partial charge >= 0.3 is 24.4 Å². The van der Waals surface area contributed by atoms with Gasteiger partial charge in [0, 0.05) is 109 Å². The molecule has 8 heterocycles. The molecule has 0 unspecified atom stereocenters. The molecule has 10 rings (SSSR count). The van der Waals surface area contributed by atoms with Crippen LogP contribution in [0.5, 0.6) is 0 Å². The molecular formula is C55H67F6N11O6. The highest BCUT2D eigenvalue weighted by atomic mass is 19.4. The summed E-state index contributed by atoms with van der Waals surface area (Å²) < 4.78 is 87.7. The summed E-state index contributed by atoms with van der Waals surface area (Å²) in [6.07, 6.45) is -8.81. The third-order valence-electron chi connectivity index (χ3n) is 15.1. The highest BCUT2D eigenvalue weighted by molar-refractivity contribution is 5.97. The van der Waals surface area contributed by atoms with Gasteiger partial charge < -0.3 is 45.4 Å². The van der Waals surface area contributed by atoms with E-state index in [1.165, 1.54) is 9.80 Å². The third-order valence-corrected chi connectivity index (χ3v) is 15.1. The van der Waals surface area contributed by atoms with E-state index in [2.05, 4.69) is 20.4 Å². The lowest BCUT2D eigenvalue weighted by atomic mass is 10.00. The van der Waals surface area contributed by atoms with Crippen molar-refractivity contribution >= 4 is 58.5 Å². The first-order valence-corrected chi connectivity index (χ1v) is 26.6. The number of amides is 6. The number of alkyl halides is 6. The number of morpholine rings is 2. The Balaban J connectivity index is 0.000000190. The summed E-state index contributed by atoms with van der Waals surface area (Å²) >= 11 is 0. The van der Waals surface area contributed by atoms with E-state index >= 15 is 0 Å². The number of nitrogens with one attached hydrogen (secondary N) is 2. The van der Waals surface area contributed by atoms with Gasteiger partial charge in [-0.2, -0.15) is 26.3 Å². The summed E-state index contributed by atoms with van der Waals surface area (Å²) in [5, 5.41) is 5.71. The average Bonchev–Trinajstić information content (AvgIpc) is 4.24. The Bertz CT molecular complexity index is 2650. The number of ether oxygens (including phenoxy) is 2. The number of aryl methyl sites for hydroxylation is 2. The first-order chi connectivity index (χ1) is 37.1. The molecular weight excluding hydrogens is 1020 g/mol. The second-order valence-electron chi connectivity index (χ2n) is 21.4. The molecule has 0 aliphatic carbocycles. The van der Waals surface area contributed by atoms with Crippen LogP contribution < -0.4 is 36.0 Å². The van der Waals surface area contributed by atoms with Crippen molar-refractivity contribution in [2.45, 2.75) is 77.7 Å². The Morgan fingerprint density at radius 2 is 1.00 bits per heavy atom. The number of halogens is 6. The monoisotopic (exact) mass is 1090 g/mol. The Morgan fingerprint density at radius 3 is 1.38 bits per heavy atom. The highest BCUT2D eigenvalue weighted by Gasteiger charge is 2.38. The van der Waals surface area contributed by atoms with Crippen LogP contribution in [-0.4, -0.2) is 154 Å². The molecule has 6 aliphatic rings. The third kappa shape index (κ3) is 14.1. The molecule has 0 saturated carbocycles. The first kappa shape index (κ1) is 56.0. The summed E-state index contributed by atoms with van der Waals surface area (Å²) in [6.45, 7) is 12.8. The molecule has 6 saturated heterocycles. The van der Waals surface area contributed by atoms with Gasteiger partial charge in [0.2, 0.25) is 11.8 Å². The summed E-state index contributed by atoms with van der Waals surface area (Å²) in [6, 6.07) is 17.7. The SMILES string of the molecule is Cc1ccc(NC(=O)N2CC[C@@H](CC(F)(F)F)C2)cc1-c1cc(N2CCOCC2)nc(N2C[C@@H](C)CC2=O)c1.Cc1ccc(NC(=O)N2CC[C@@H](CC(F)(F)F)C2)cc1-c1cc(N2CCOCC2)nc(N2C[C@@H](N)CC2=O)c1. The Kier molecular flexibility index (Phi) is 17.0. The number of rotatable bonds is 10. The van der Waals surface area contributed by atoms with Crippen LogP contribution in [0.3, 0.4) is 0 Å². The van der Waals surface area contributed by atoms with Crippen LogP contribution in [0, 0.1) is 31.6 Å². The normalized spacial score (nSPS) is 22.1. The second-order valence-corrected chi connectivity index (χ2v) is 21.4. The fourth-order valence-electron chi connectivity index (χ4n) is 11.0. The molecule has 6 aliphatic heterocycles. The molecule has 0 bridgehead atoms. The summed E-state index contributed by atoms with van der Waals surface area (Å²) in [5.41, 5.74) is 12.5. The van der Waals surface area contributed by atoms with Crippen molar-refractivity contribution in [2.24, 2.45) is 23.5 Å². The van der Waals surface area contributed by atoms with Crippen molar-refractivity contribution in [3.05, 3.63) is 71.8 Å². The van der Waals surface area contributed by atoms with E-state index in [0.717, 1.165) is 45.0 Å². The molecule has 0 radical (unpaired) electrons. The van der Waals surface area contributed by atoms with E-state index in [1.807, 2.05) is 69.3 Å². The van der Waals surface area contributed by atoms with E-state index in [1.54, 1.807) is 21.9 Å². The van der Waals surface area contributed by atoms with Gasteiger partial charge in [-0.1, -0.05) is 19.1 Å². The van der Waals surface area contributed by atoms with E-state index in [0.29, 0.717) is 115 Å². The molecule has 2 aromatic heterocycles. The molecule has 78 heavy (non-hydrogen) atoms. The van der Waals surface area contributed by atoms with E-state index in [4.69, 9.17) is 25.2 Å². The Labute approximate surface area is 449 Å². The van der Waals surface area contributed by atoms with Crippen molar-refractivity contribution < 1.29 is 55.0 Å². The van der Waals surface area contributed by atoms with Gasteiger partial charge in [0.25, 0.3) is 0 Å². The maximum absolute atomic E-state index is 12.9. The van der Waals surface area contributed by atoms with Gasteiger partial charge in [-0.15, -0.1) is 0 Å². The second kappa shape index (κ2) is 23.7. The fraction of sp³-hybridized carbons (Fsp3) is 0.527. The minimum atomic E-state index is -4.24. The van der Waals surface area contributed by atoms with Gasteiger partial charge in [0.1, 0.15) is 23.3 Å². The van der Waals surface area contributed by atoms with Gasteiger partial charge in [-0.05, 0) is 126 Å². The fourth-order valence-corrected chi connectivity index (χ4v) is 11.0. The van der Waals surface area contributed by atoms with Crippen molar-refractivity contribution in [3.63, 3.8) is 0 Å². The Hall–Kier alpha value is -6.72. The smallest absolute Gasteiger partial charge is 0.378 e. The van der Waals surface area contributed by atoms with E-state index in [9.17, 15) is 45.5 Å². The molecule has 6 fully saturated rings. The van der Waals surface area contributed by atoms with Crippen LogP contribution in [0.1, 0.15) is 56.6 Å². The highest BCUT2D eigenvalue weighted by Crippen LogP contribution is 2.38. The van der Waals surface area contributed by atoms with Gasteiger partial charge in [-0.25, -0.2) is 19.6 Å². The number of pyridine rings is 2. The van der Waals surface area contributed by atoms with Gasteiger partial charge in [0.05, 0.1) is 26.4 Å². The van der Waals surface area contributed by atoms with Crippen LogP contribution >= 0.6 is 0 Å². The number of carbonyl (C=O) groups is 4. The zero-order chi connectivity index (χ0) is 55.5. The van der Waals surface area contributed by atoms with Crippen LogP contribution in [-0.2, 0) is 19.1 Å². The van der Waals surface area contributed by atoms with E-state index in [-0.39, 0.29) is 49.8 Å². The number of carbonyl (C=O) groups excluding carboxylic acids is 4. The van der Waals surface area contributed by atoms with Crippen LogP contribution in [0.25, 0.3) is 22.3 Å². The number of nitrogens with zero attached hydrogens (tertiary/aromatic N) is 8. The minimum absolute atomic E-state index is 0.0484. The minimum Gasteiger partial charge on any atom is -0.378 e. The molecule has 4 N–H and O–H groups in total. The summed E-state index contributed by atoms with van der Waals surface area (Å²) in [5.74, 6) is 1.67. The lowest BCUT2D eigenvalue weighted by Gasteiger charge is -2.29.